The van der Waals surface area contributed by atoms with Crippen molar-refractivity contribution in [2.24, 2.45) is 0 Å². The van der Waals surface area contributed by atoms with Crippen molar-refractivity contribution in [1.82, 2.24) is 10.4 Å². The van der Waals surface area contributed by atoms with Gasteiger partial charge in [-0.1, -0.05) is 0 Å². The maximum atomic E-state index is 10.5. The van der Waals surface area contributed by atoms with Crippen LogP contribution in [-0.4, -0.2) is 29.9 Å². The molecule has 1 saturated heterocycles. The first-order valence-corrected chi connectivity index (χ1v) is 3.75. The van der Waals surface area contributed by atoms with E-state index in [4.69, 9.17) is 0 Å². The van der Waals surface area contributed by atoms with Gasteiger partial charge in [-0.05, 0) is 0 Å². The smallest absolute Gasteiger partial charge is 0.0370 e. The predicted octanol–water partition coefficient (Wildman–Crippen LogP) is 0.0376. The van der Waals surface area contributed by atoms with Gasteiger partial charge < -0.3 is 15.6 Å². The predicted molar refractivity (Wildman–Crippen MR) is 35.4 cm³/mol. The summed E-state index contributed by atoms with van der Waals surface area (Å²) in [5, 5.41) is 14.5. The number of rotatable bonds is 0. The van der Waals surface area contributed by atoms with Crippen molar-refractivity contribution in [2.75, 3.05) is 24.8 Å². The van der Waals surface area contributed by atoms with Crippen LogP contribution in [0.15, 0.2) is 0 Å². The van der Waals surface area contributed by atoms with Crippen molar-refractivity contribution in [3.8, 4) is 0 Å². The van der Waals surface area contributed by atoms with E-state index in [9.17, 15) is 5.21 Å². The van der Waals surface area contributed by atoms with E-state index < -0.39 is 0 Å². The molecule has 1 rings (SSSR count). The lowest BCUT2D eigenvalue weighted by Gasteiger charge is -2.24. The van der Waals surface area contributed by atoms with E-state index in [1.54, 1.807) is 11.8 Å². The van der Waals surface area contributed by atoms with Crippen LogP contribution in [0.3, 0.4) is 0 Å². The van der Waals surface area contributed by atoms with Gasteiger partial charge in [0.05, 0.1) is 0 Å². The van der Waals surface area contributed by atoms with Gasteiger partial charge in [-0.15, -0.1) is 11.8 Å². The number of hydrogen-bond donors (Lipinski definition) is 1. The summed E-state index contributed by atoms with van der Waals surface area (Å²) < 4.78 is 0. The first kappa shape index (κ1) is 6.35. The van der Waals surface area contributed by atoms with Crippen molar-refractivity contribution in [2.45, 2.75) is 0 Å². The Labute approximate surface area is 53.0 Å². The highest BCUT2D eigenvalue weighted by Crippen LogP contribution is 2.03. The fourth-order valence-electron chi connectivity index (χ4n) is 0.560. The Bertz CT molecular complexity index is 63.1. The zero-order valence-electron chi connectivity index (χ0n) is 4.59. The molecule has 0 aliphatic carbocycles. The van der Waals surface area contributed by atoms with E-state index in [2.05, 4.69) is 5.32 Å². The van der Waals surface area contributed by atoms with E-state index >= 15 is 0 Å². The van der Waals surface area contributed by atoms with Crippen LogP contribution in [-0.2, 0) is 0 Å². The van der Waals surface area contributed by atoms with E-state index in [0.717, 1.165) is 17.4 Å². The van der Waals surface area contributed by atoms with E-state index in [1.165, 1.54) is 0 Å². The molecule has 0 atom stereocenters. The largest absolute Gasteiger partial charge is 0.784 e. The summed E-state index contributed by atoms with van der Waals surface area (Å²) >= 11 is 1.67. The van der Waals surface area contributed by atoms with Gasteiger partial charge in [0.2, 0.25) is 0 Å². The second-order valence-corrected chi connectivity index (χ2v) is 2.75. The third-order valence-electron chi connectivity index (χ3n) is 0.947. The molecule has 0 radical (unpaired) electrons. The third kappa shape index (κ3) is 2.00. The average molecular weight is 133 g/mol. The van der Waals surface area contributed by atoms with Crippen LogP contribution in [0.25, 0.3) is 0 Å². The summed E-state index contributed by atoms with van der Waals surface area (Å²) in [5.41, 5.74) is 0. The second-order valence-electron chi connectivity index (χ2n) is 1.68. The highest BCUT2D eigenvalue weighted by Gasteiger charge is 1.96. The van der Waals surface area contributed by atoms with Crippen molar-refractivity contribution >= 4 is 11.8 Å². The lowest BCUT2D eigenvalue weighted by Crippen LogP contribution is -2.27. The average Bonchev–Trinajstić information content (AvgIpc) is 1.94. The van der Waals surface area contributed by atoms with Crippen LogP contribution in [0, 0.1) is 5.21 Å². The number of nitrogens with one attached hydrogen (secondary N) is 1. The summed E-state index contributed by atoms with van der Waals surface area (Å²) in [4.78, 5) is 0. The van der Waals surface area contributed by atoms with Crippen molar-refractivity contribution < 1.29 is 0 Å². The summed E-state index contributed by atoms with van der Waals surface area (Å²) in [7, 11) is 0. The molecule has 0 spiro atoms. The van der Waals surface area contributed by atoms with Crippen LogP contribution in [0.4, 0.5) is 0 Å². The topological polar surface area (TPSA) is 38.3 Å². The van der Waals surface area contributed by atoms with E-state index in [-0.39, 0.29) is 0 Å². The van der Waals surface area contributed by atoms with Crippen molar-refractivity contribution in [3.05, 3.63) is 5.21 Å². The van der Waals surface area contributed by atoms with Gasteiger partial charge in [0.25, 0.3) is 0 Å². The molecule has 0 aromatic heterocycles. The summed E-state index contributed by atoms with van der Waals surface area (Å²) in [5.74, 6) is 1.67. The van der Waals surface area contributed by atoms with Gasteiger partial charge in [-0.3, -0.25) is 0 Å². The highest BCUT2D eigenvalue weighted by molar-refractivity contribution is 7.99. The monoisotopic (exact) mass is 133 g/mol. The Morgan fingerprint density at radius 2 is 2.50 bits per heavy atom. The fraction of sp³-hybridized carbons (Fsp3) is 1.00. The van der Waals surface area contributed by atoms with Gasteiger partial charge in [0, 0.05) is 24.8 Å². The van der Waals surface area contributed by atoms with E-state index in [1.807, 2.05) is 0 Å². The molecular weight excluding hydrogens is 124 g/mol. The van der Waals surface area contributed by atoms with Gasteiger partial charge >= 0.3 is 0 Å². The summed E-state index contributed by atoms with van der Waals surface area (Å²) in [6, 6.07) is 0. The fourth-order valence-corrected chi connectivity index (χ4v) is 1.27. The number of hydroxylamine groups is 2. The molecule has 48 valence electrons. The minimum atomic E-state index is 0.493. The first-order chi connectivity index (χ1) is 3.89. The van der Waals surface area contributed by atoms with Crippen LogP contribution in [0.2, 0.25) is 0 Å². The maximum absolute atomic E-state index is 10.5. The zero-order valence-corrected chi connectivity index (χ0v) is 5.41. The third-order valence-corrected chi connectivity index (χ3v) is 1.91. The van der Waals surface area contributed by atoms with Gasteiger partial charge in [-0.2, -0.15) is 0 Å². The van der Waals surface area contributed by atoms with E-state index in [0.29, 0.717) is 12.5 Å². The SMILES string of the molecule is [O-]N1CNCCSC1. The molecule has 0 aromatic carbocycles. The highest BCUT2D eigenvalue weighted by atomic mass is 32.2. The Morgan fingerprint density at radius 3 is 3.38 bits per heavy atom. The normalized spacial score (nSPS) is 25.1. The minimum absolute atomic E-state index is 0.493. The molecule has 0 aromatic rings. The second kappa shape index (κ2) is 3.29. The lowest BCUT2D eigenvalue weighted by atomic mass is 10.7. The van der Waals surface area contributed by atoms with Crippen LogP contribution in [0.1, 0.15) is 0 Å². The quantitative estimate of drug-likeness (QED) is 0.506. The molecule has 1 heterocycles. The standard InChI is InChI=1S/C4H9N2OS/c7-6-3-5-1-2-8-4-6/h5H,1-4H2/q-1. The van der Waals surface area contributed by atoms with Crippen molar-refractivity contribution in [3.63, 3.8) is 0 Å². The first-order valence-electron chi connectivity index (χ1n) is 2.60. The number of nitrogens with zero attached hydrogens (tertiary/aromatic N) is 1. The Kier molecular flexibility index (Phi) is 2.62. The molecule has 1 fully saturated rings. The molecule has 8 heavy (non-hydrogen) atoms. The molecule has 1 aliphatic heterocycles. The number of thioether (sulfide) groups is 1. The number of hydrogen-bond acceptors (Lipinski definition) is 4. The van der Waals surface area contributed by atoms with Gasteiger partial charge in [-0.25, -0.2) is 0 Å². The molecule has 1 aliphatic rings. The Morgan fingerprint density at radius 1 is 1.62 bits per heavy atom. The summed E-state index contributed by atoms with van der Waals surface area (Å²) in [6.45, 7) is 1.45. The molecule has 4 heteroatoms. The van der Waals surface area contributed by atoms with Crippen molar-refractivity contribution in [1.29, 1.82) is 0 Å². The van der Waals surface area contributed by atoms with Crippen LogP contribution in [0.5, 0.6) is 0 Å². The summed E-state index contributed by atoms with van der Waals surface area (Å²) in [6.07, 6.45) is 0. The molecule has 3 nitrogen and oxygen atoms in total. The Hall–Kier alpha value is 0.230. The van der Waals surface area contributed by atoms with Gasteiger partial charge in [0.1, 0.15) is 0 Å². The molecule has 0 bridgehead atoms. The minimum Gasteiger partial charge on any atom is -0.784 e. The van der Waals surface area contributed by atoms with Crippen LogP contribution >= 0.6 is 11.8 Å². The Balaban J connectivity index is 2.17. The molecule has 0 saturated carbocycles. The van der Waals surface area contributed by atoms with Crippen LogP contribution < -0.4 is 5.32 Å². The molecular formula is C4H9N2OS-. The van der Waals surface area contributed by atoms with Gasteiger partial charge in [0.15, 0.2) is 0 Å². The maximum Gasteiger partial charge on any atom is 0.0370 e. The zero-order chi connectivity index (χ0) is 5.82. The molecule has 0 amide bonds. The molecule has 1 N–H and O–H groups in total. The lowest BCUT2D eigenvalue weighted by molar-refractivity contribution is 0.410. The molecule has 0 unspecified atom stereocenters.